The highest BCUT2D eigenvalue weighted by Gasteiger charge is 2.30. The van der Waals surface area contributed by atoms with Gasteiger partial charge in [0.15, 0.2) is 0 Å². The van der Waals surface area contributed by atoms with Crippen LogP contribution in [-0.4, -0.2) is 38.7 Å². The predicted molar refractivity (Wildman–Crippen MR) is 75.9 cm³/mol. The second-order valence-electron chi connectivity index (χ2n) is 4.55. The lowest BCUT2D eigenvalue weighted by molar-refractivity contribution is -0.144. The van der Waals surface area contributed by atoms with Gasteiger partial charge in [-0.3, -0.25) is 0 Å². The van der Waals surface area contributed by atoms with Crippen LogP contribution < -0.4 is 4.74 Å². The van der Waals surface area contributed by atoms with Gasteiger partial charge in [0.25, 0.3) is 0 Å². The summed E-state index contributed by atoms with van der Waals surface area (Å²) in [5.41, 5.74) is 1.05. The maximum Gasteiger partial charge on any atom is 0.408 e. The molecule has 22 heavy (non-hydrogen) atoms. The highest BCUT2D eigenvalue weighted by atomic mass is 32.2. The smallest absolute Gasteiger partial charge is 0.408 e. The minimum absolute atomic E-state index is 0.160. The first-order valence-corrected chi connectivity index (χ1v) is 7.58. The number of benzene rings is 1. The number of thioether (sulfide) groups is 1. The van der Waals surface area contributed by atoms with Crippen LogP contribution in [0.5, 0.6) is 5.75 Å². The van der Waals surface area contributed by atoms with Gasteiger partial charge in [0, 0.05) is 5.75 Å². The molecule has 0 spiro atoms. The summed E-state index contributed by atoms with van der Waals surface area (Å²) in [4.78, 5) is 0. The Morgan fingerprint density at radius 2 is 2.05 bits per heavy atom. The molecule has 5 nitrogen and oxygen atoms in total. The number of nitrogens with zero attached hydrogens (tertiary/aromatic N) is 4. The lowest BCUT2D eigenvalue weighted by Gasteiger charge is -2.09. The summed E-state index contributed by atoms with van der Waals surface area (Å²) >= 11 is 1.18. The van der Waals surface area contributed by atoms with Crippen molar-refractivity contribution < 1.29 is 17.9 Å². The summed E-state index contributed by atoms with van der Waals surface area (Å²) in [6.45, 7) is 1.26. The van der Waals surface area contributed by atoms with E-state index in [9.17, 15) is 13.2 Å². The number of para-hydroxylation sites is 1. The first-order chi connectivity index (χ1) is 10.5. The average molecular weight is 332 g/mol. The van der Waals surface area contributed by atoms with Crippen LogP contribution >= 0.6 is 11.8 Å². The minimum atomic E-state index is -4.33. The summed E-state index contributed by atoms with van der Waals surface area (Å²) in [5.74, 6) is 1.39. The molecular weight excluding hydrogens is 317 g/mol. The Balaban J connectivity index is 1.73. The molecule has 0 radical (unpaired) electrons. The van der Waals surface area contributed by atoms with Gasteiger partial charge < -0.3 is 4.74 Å². The maximum atomic E-state index is 12.3. The number of tetrazole rings is 1. The Labute approximate surface area is 129 Å². The van der Waals surface area contributed by atoms with E-state index in [0.717, 1.165) is 16.0 Å². The Hall–Kier alpha value is -1.77. The second-order valence-corrected chi connectivity index (χ2v) is 5.61. The zero-order chi connectivity index (χ0) is 16.0. The van der Waals surface area contributed by atoms with Gasteiger partial charge in [0.2, 0.25) is 5.16 Å². The van der Waals surface area contributed by atoms with Gasteiger partial charge in [-0.1, -0.05) is 30.0 Å². The normalized spacial score (nSPS) is 11.6. The monoisotopic (exact) mass is 332 g/mol. The molecule has 1 heterocycles. The summed E-state index contributed by atoms with van der Waals surface area (Å²) in [5, 5.41) is 10.4. The number of hydrogen-bond acceptors (Lipinski definition) is 5. The molecule has 0 unspecified atom stereocenters. The van der Waals surface area contributed by atoms with Crippen molar-refractivity contribution in [3.05, 3.63) is 29.8 Å². The molecule has 0 saturated carbocycles. The zero-order valence-electron chi connectivity index (χ0n) is 11.9. The predicted octanol–water partition coefficient (Wildman–Crippen LogP) is 3.11. The Morgan fingerprint density at radius 1 is 1.27 bits per heavy atom. The molecule has 0 fully saturated rings. The van der Waals surface area contributed by atoms with Gasteiger partial charge in [-0.25, -0.2) is 4.68 Å². The summed E-state index contributed by atoms with van der Waals surface area (Å²) < 4.78 is 43.3. The molecule has 0 N–H and O–H groups in total. The number of alkyl halides is 3. The molecule has 0 saturated heterocycles. The SMILES string of the molecule is Cc1ccccc1OCCCSc1nnnn1CC(F)(F)F. The molecule has 1 aromatic carbocycles. The van der Waals surface area contributed by atoms with Crippen molar-refractivity contribution in [2.24, 2.45) is 0 Å². The Kier molecular flexibility index (Phi) is 5.64. The van der Waals surface area contributed by atoms with E-state index in [-0.39, 0.29) is 5.16 Å². The molecule has 0 aliphatic heterocycles. The fraction of sp³-hybridized carbons (Fsp3) is 0.462. The van der Waals surface area contributed by atoms with E-state index >= 15 is 0 Å². The van der Waals surface area contributed by atoms with E-state index in [1.165, 1.54) is 11.8 Å². The number of aromatic nitrogens is 4. The number of halogens is 3. The molecule has 0 aliphatic carbocycles. The van der Waals surface area contributed by atoms with Crippen LogP contribution in [0.1, 0.15) is 12.0 Å². The van der Waals surface area contributed by atoms with Gasteiger partial charge in [0.1, 0.15) is 12.3 Å². The summed E-state index contributed by atoms with van der Waals surface area (Å²) in [6.07, 6.45) is -3.66. The van der Waals surface area contributed by atoms with Gasteiger partial charge >= 0.3 is 6.18 Å². The minimum Gasteiger partial charge on any atom is -0.493 e. The molecule has 1 aromatic heterocycles. The topological polar surface area (TPSA) is 52.8 Å². The van der Waals surface area contributed by atoms with Crippen LogP contribution in [0.15, 0.2) is 29.4 Å². The largest absolute Gasteiger partial charge is 0.493 e. The Morgan fingerprint density at radius 3 is 2.77 bits per heavy atom. The summed E-state index contributed by atoms with van der Waals surface area (Å²) in [7, 11) is 0. The van der Waals surface area contributed by atoms with Crippen molar-refractivity contribution >= 4 is 11.8 Å². The Bertz CT molecular complexity index is 603. The van der Waals surface area contributed by atoms with Crippen molar-refractivity contribution in [1.82, 2.24) is 20.2 Å². The fourth-order valence-electron chi connectivity index (χ4n) is 1.69. The van der Waals surface area contributed by atoms with Crippen LogP contribution in [0.3, 0.4) is 0 Å². The number of ether oxygens (including phenoxy) is 1. The average Bonchev–Trinajstić information content (AvgIpc) is 2.85. The van der Waals surface area contributed by atoms with E-state index in [1.807, 2.05) is 31.2 Å². The number of hydrogen-bond donors (Lipinski definition) is 0. The van der Waals surface area contributed by atoms with Crippen LogP contribution in [-0.2, 0) is 6.54 Å². The lowest BCUT2D eigenvalue weighted by Crippen LogP contribution is -2.19. The third kappa shape index (κ3) is 5.21. The highest BCUT2D eigenvalue weighted by Crippen LogP contribution is 2.22. The first-order valence-electron chi connectivity index (χ1n) is 6.60. The third-order valence-electron chi connectivity index (χ3n) is 2.70. The molecular formula is C13H15F3N4OS. The lowest BCUT2D eigenvalue weighted by atomic mass is 10.2. The molecule has 0 amide bonds. The number of aryl methyl sites for hydroxylation is 1. The highest BCUT2D eigenvalue weighted by molar-refractivity contribution is 7.99. The van der Waals surface area contributed by atoms with Crippen LogP contribution in [0.4, 0.5) is 13.2 Å². The number of rotatable bonds is 7. The quantitative estimate of drug-likeness (QED) is 0.576. The van der Waals surface area contributed by atoms with E-state index in [1.54, 1.807) is 0 Å². The van der Waals surface area contributed by atoms with E-state index in [2.05, 4.69) is 15.5 Å². The molecule has 0 aliphatic rings. The molecule has 120 valence electrons. The molecule has 9 heteroatoms. The molecule has 0 atom stereocenters. The van der Waals surface area contributed by atoms with Gasteiger partial charge in [-0.15, -0.1) is 5.10 Å². The second kappa shape index (κ2) is 7.48. The van der Waals surface area contributed by atoms with Gasteiger partial charge in [0.05, 0.1) is 6.61 Å². The van der Waals surface area contributed by atoms with Crippen molar-refractivity contribution in [1.29, 1.82) is 0 Å². The van der Waals surface area contributed by atoms with Crippen LogP contribution in [0.2, 0.25) is 0 Å². The van der Waals surface area contributed by atoms with E-state index < -0.39 is 12.7 Å². The van der Waals surface area contributed by atoms with Crippen molar-refractivity contribution in [3.63, 3.8) is 0 Å². The molecule has 2 aromatic rings. The van der Waals surface area contributed by atoms with Crippen molar-refractivity contribution in [3.8, 4) is 5.75 Å². The molecule has 0 bridgehead atoms. The first kappa shape index (κ1) is 16.6. The van der Waals surface area contributed by atoms with Gasteiger partial charge in [-0.05, 0) is 35.4 Å². The van der Waals surface area contributed by atoms with Crippen molar-refractivity contribution in [2.75, 3.05) is 12.4 Å². The van der Waals surface area contributed by atoms with Crippen LogP contribution in [0.25, 0.3) is 0 Å². The third-order valence-corrected chi connectivity index (χ3v) is 3.74. The van der Waals surface area contributed by atoms with Crippen LogP contribution in [0, 0.1) is 6.92 Å². The summed E-state index contributed by atoms with van der Waals surface area (Å²) in [6, 6.07) is 7.66. The van der Waals surface area contributed by atoms with Crippen molar-refractivity contribution in [2.45, 2.75) is 31.2 Å². The maximum absolute atomic E-state index is 12.3. The fourth-order valence-corrected chi connectivity index (χ4v) is 2.48. The molecule has 2 rings (SSSR count). The van der Waals surface area contributed by atoms with Gasteiger partial charge in [-0.2, -0.15) is 13.2 Å². The standard InChI is InChI=1S/C13H15F3N4OS/c1-10-5-2-3-6-11(10)21-7-4-8-22-12-17-18-19-20(12)9-13(14,15)16/h2-3,5-6H,4,7-9H2,1H3. The van der Waals surface area contributed by atoms with E-state index in [0.29, 0.717) is 18.8 Å². The van der Waals surface area contributed by atoms with E-state index in [4.69, 9.17) is 4.74 Å². The zero-order valence-corrected chi connectivity index (χ0v) is 12.7.